The first-order valence-electron chi connectivity index (χ1n) is 12.2. The van der Waals surface area contributed by atoms with Crippen LogP contribution in [-0.4, -0.2) is 24.9 Å². The van der Waals surface area contributed by atoms with Gasteiger partial charge in [-0.1, -0.05) is 91.0 Å². The number of aromatic nitrogens is 5. The molecule has 0 aliphatic rings. The van der Waals surface area contributed by atoms with E-state index in [0.717, 1.165) is 33.3 Å². The monoisotopic (exact) mass is 475 g/mol. The van der Waals surface area contributed by atoms with Gasteiger partial charge in [0, 0.05) is 39.1 Å². The number of para-hydroxylation sites is 1. The van der Waals surface area contributed by atoms with E-state index in [-0.39, 0.29) is 0 Å². The summed E-state index contributed by atoms with van der Waals surface area (Å²) in [5.74, 6) is 1.78. The molecule has 7 rings (SSSR count). The Kier molecular flexibility index (Phi) is 5.03. The highest BCUT2D eigenvalue weighted by molar-refractivity contribution is 6.14. The van der Waals surface area contributed by atoms with Gasteiger partial charge in [-0.15, -0.1) is 0 Å². The molecule has 0 aliphatic heterocycles. The SMILES string of the molecule is c1ccc(-c2nc(-c3ccccc3)nc(-c3cc(-c4cccc5[nH]c6ccccc6c45)ccn3)n2)cc1. The number of hydrogen-bond acceptors (Lipinski definition) is 4. The van der Waals surface area contributed by atoms with Crippen molar-refractivity contribution in [3.8, 4) is 45.4 Å². The summed E-state index contributed by atoms with van der Waals surface area (Å²) in [5.41, 5.74) is 6.99. The fourth-order valence-corrected chi connectivity index (χ4v) is 4.79. The van der Waals surface area contributed by atoms with Gasteiger partial charge in [0.05, 0.1) is 0 Å². The first-order valence-corrected chi connectivity index (χ1v) is 12.2. The largest absolute Gasteiger partial charge is 0.354 e. The summed E-state index contributed by atoms with van der Waals surface area (Å²) >= 11 is 0. The van der Waals surface area contributed by atoms with Crippen LogP contribution >= 0.6 is 0 Å². The highest BCUT2D eigenvalue weighted by Gasteiger charge is 2.15. The van der Waals surface area contributed by atoms with Crippen LogP contribution in [0, 0.1) is 0 Å². The van der Waals surface area contributed by atoms with Crippen LogP contribution in [0.5, 0.6) is 0 Å². The molecule has 7 aromatic rings. The molecular formula is C32H21N5. The van der Waals surface area contributed by atoms with Crippen molar-refractivity contribution >= 4 is 21.8 Å². The molecule has 0 unspecified atom stereocenters. The average Bonchev–Trinajstić information content (AvgIpc) is 3.37. The number of hydrogen-bond donors (Lipinski definition) is 1. The van der Waals surface area contributed by atoms with Crippen molar-refractivity contribution in [1.82, 2.24) is 24.9 Å². The van der Waals surface area contributed by atoms with Crippen LogP contribution in [0.4, 0.5) is 0 Å². The van der Waals surface area contributed by atoms with E-state index in [1.807, 2.05) is 72.9 Å². The third-order valence-electron chi connectivity index (χ3n) is 6.53. The third-order valence-corrected chi connectivity index (χ3v) is 6.53. The Morgan fingerprint density at radius 2 is 1.11 bits per heavy atom. The fraction of sp³-hybridized carbons (Fsp3) is 0. The summed E-state index contributed by atoms with van der Waals surface area (Å²) in [7, 11) is 0. The lowest BCUT2D eigenvalue weighted by Gasteiger charge is -2.09. The standard InChI is InChI=1S/C32H21N5/c1-3-10-21(11-4-1)30-35-31(22-12-5-2-6-13-22)37-32(36-30)28-20-23(18-19-33-28)24-15-9-17-27-29(24)25-14-7-8-16-26(25)34-27/h1-20,34H. The zero-order chi connectivity index (χ0) is 24.6. The van der Waals surface area contributed by atoms with Gasteiger partial charge in [0.1, 0.15) is 5.69 Å². The molecule has 1 N–H and O–H groups in total. The predicted octanol–water partition coefficient (Wildman–Crippen LogP) is 7.57. The first kappa shape index (κ1) is 21.1. The minimum absolute atomic E-state index is 0.542. The molecule has 37 heavy (non-hydrogen) atoms. The number of pyridine rings is 1. The summed E-state index contributed by atoms with van der Waals surface area (Å²) in [6.45, 7) is 0. The maximum absolute atomic E-state index is 4.85. The zero-order valence-electron chi connectivity index (χ0n) is 19.8. The van der Waals surface area contributed by atoms with E-state index in [1.165, 1.54) is 10.8 Å². The number of fused-ring (bicyclic) bond motifs is 3. The Morgan fingerprint density at radius 1 is 0.486 bits per heavy atom. The Hall–Kier alpha value is -5.16. The highest BCUT2D eigenvalue weighted by atomic mass is 15.0. The van der Waals surface area contributed by atoms with E-state index in [0.29, 0.717) is 23.2 Å². The Bertz CT molecular complexity index is 1820. The predicted molar refractivity (Wildman–Crippen MR) is 149 cm³/mol. The first-order chi connectivity index (χ1) is 18.3. The van der Waals surface area contributed by atoms with Crippen LogP contribution in [0.1, 0.15) is 0 Å². The molecule has 0 bridgehead atoms. The molecule has 0 atom stereocenters. The molecule has 0 spiro atoms. The van der Waals surface area contributed by atoms with Crippen molar-refractivity contribution in [3.63, 3.8) is 0 Å². The van der Waals surface area contributed by atoms with Crippen molar-refractivity contribution in [1.29, 1.82) is 0 Å². The van der Waals surface area contributed by atoms with E-state index >= 15 is 0 Å². The van der Waals surface area contributed by atoms with Gasteiger partial charge in [-0.2, -0.15) is 0 Å². The third kappa shape index (κ3) is 3.83. The van der Waals surface area contributed by atoms with Crippen molar-refractivity contribution in [2.45, 2.75) is 0 Å². The molecule has 0 radical (unpaired) electrons. The maximum Gasteiger partial charge on any atom is 0.182 e. The summed E-state index contributed by atoms with van der Waals surface area (Å²) in [6, 6.07) is 38.8. The van der Waals surface area contributed by atoms with Crippen molar-refractivity contribution in [2.75, 3.05) is 0 Å². The lowest BCUT2D eigenvalue weighted by molar-refractivity contribution is 1.06. The molecule has 5 heteroatoms. The quantitative estimate of drug-likeness (QED) is 0.285. The van der Waals surface area contributed by atoms with Gasteiger partial charge < -0.3 is 4.98 Å². The zero-order valence-corrected chi connectivity index (χ0v) is 19.8. The maximum atomic E-state index is 4.85. The van der Waals surface area contributed by atoms with E-state index in [9.17, 15) is 0 Å². The summed E-state index contributed by atoms with van der Waals surface area (Å²) in [5, 5.41) is 2.39. The molecule has 0 saturated carbocycles. The lowest BCUT2D eigenvalue weighted by atomic mass is 9.99. The minimum atomic E-state index is 0.542. The average molecular weight is 476 g/mol. The number of nitrogens with zero attached hydrogens (tertiary/aromatic N) is 4. The van der Waals surface area contributed by atoms with Crippen LogP contribution in [0.15, 0.2) is 121 Å². The van der Waals surface area contributed by atoms with Crippen molar-refractivity contribution in [2.24, 2.45) is 0 Å². The highest BCUT2D eigenvalue weighted by Crippen LogP contribution is 2.35. The topological polar surface area (TPSA) is 67.3 Å². The second-order valence-electron chi connectivity index (χ2n) is 8.87. The second kappa shape index (κ2) is 8.81. The molecule has 4 aromatic carbocycles. The molecular weight excluding hydrogens is 454 g/mol. The number of H-pyrrole nitrogens is 1. The number of aromatic amines is 1. The van der Waals surface area contributed by atoms with Crippen LogP contribution < -0.4 is 0 Å². The Labute approximate surface area is 213 Å². The molecule has 3 aromatic heterocycles. The van der Waals surface area contributed by atoms with E-state index in [1.54, 1.807) is 0 Å². The van der Waals surface area contributed by atoms with Crippen molar-refractivity contribution in [3.05, 3.63) is 121 Å². The summed E-state index contributed by atoms with van der Waals surface area (Å²) in [6.07, 6.45) is 1.83. The van der Waals surface area contributed by atoms with E-state index in [2.05, 4.69) is 58.5 Å². The lowest BCUT2D eigenvalue weighted by Crippen LogP contribution is -2.01. The van der Waals surface area contributed by atoms with Gasteiger partial charge in [-0.05, 0) is 35.4 Å². The molecule has 0 amide bonds. The number of benzene rings is 4. The molecule has 0 saturated heterocycles. The molecule has 3 heterocycles. The van der Waals surface area contributed by atoms with Crippen LogP contribution in [0.25, 0.3) is 67.2 Å². The van der Waals surface area contributed by atoms with E-state index in [4.69, 9.17) is 15.0 Å². The molecule has 0 aliphatic carbocycles. The van der Waals surface area contributed by atoms with Gasteiger partial charge in [-0.25, -0.2) is 15.0 Å². The normalized spacial score (nSPS) is 11.2. The number of rotatable bonds is 4. The van der Waals surface area contributed by atoms with Crippen LogP contribution in [0.2, 0.25) is 0 Å². The van der Waals surface area contributed by atoms with Gasteiger partial charge in [0.15, 0.2) is 17.5 Å². The van der Waals surface area contributed by atoms with Crippen LogP contribution in [0.3, 0.4) is 0 Å². The molecule has 5 nitrogen and oxygen atoms in total. The minimum Gasteiger partial charge on any atom is -0.354 e. The van der Waals surface area contributed by atoms with Gasteiger partial charge in [0.2, 0.25) is 0 Å². The van der Waals surface area contributed by atoms with Gasteiger partial charge >= 0.3 is 0 Å². The fourth-order valence-electron chi connectivity index (χ4n) is 4.79. The second-order valence-corrected chi connectivity index (χ2v) is 8.87. The Morgan fingerprint density at radius 3 is 1.84 bits per heavy atom. The molecule has 174 valence electrons. The summed E-state index contributed by atoms with van der Waals surface area (Å²) in [4.78, 5) is 22.7. The molecule has 0 fully saturated rings. The van der Waals surface area contributed by atoms with Gasteiger partial charge in [-0.3, -0.25) is 4.98 Å². The van der Waals surface area contributed by atoms with Crippen molar-refractivity contribution < 1.29 is 0 Å². The number of nitrogens with one attached hydrogen (secondary N) is 1. The van der Waals surface area contributed by atoms with E-state index < -0.39 is 0 Å². The van der Waals surface area contributed by atoms with Crippen LogP contribution in [-0.2, 0) is 0 Å². The summed E-state index contributed by atoms with van der Waals surface area (Å²) < 4.78 is 0. The Balaban J connectivity index is 1.41. The van der Waals surface area contributed by atoms with Gasteiger partial charge in [0.25, 0.3) is 0 Å². The smallest absolute Gasteiger partial charge is 0.182 e.